The molecule has 3 rings (SSSR count). The first-order valence-corrected chi connectivity index (χ1v) is 11.0. The van der Waals surface area contributed by atoms with Crippen molar-refractivity contribution >= 4 is 32.6 Å². The van der Waals surface area contributed by atoms with Gasteiger partial charge in [0.05, 0.1) is 18.4 Å². The smallest absolute Gasteiger partial charge is 0.335 e. The highest BCUT2D eigenvalue weighted by atomic mass is 32.2. The van der Waals surface area contributed by atoms with E-state index in [0.717, 1.165) is 6.26 Å². The average Bonchev–Trinajstić information content (AvgIpc) is 2.91. The number of aromatic nitrogens is 1. The standard InChI is InChI=1S/C21H22FN3O4S/c1-13-20(14-4-3-5-17(10-14)24-30(2,28)29)18-11-15(21(26)27)6-7-19(18)25(13)12-16(22)8-9-23/h3-8,10-11,24H,9,12,23H2,1-2H3,(H,26,27). The Morgan fingerprint density at radius 3 is 2.63 bits per heavy atom. The summed E-state index contributed by atoms with van der Waals surface area (Å²) in [5, 5.41) is 10.0. The lowest BCUT2D eigenvalue weighted by molar-refractivity contribution is 0.0697. The van der Waals surface area contributed by atoms with E-state index in [9.17, 15) is 22.7 Å². The minimum Gasteiger partial charge on any atom is -0.478 e. The van der Waals surface area contributed by atoms with Gasteiger partial charge in [-0.15, -0.1) is 0 Å². The minimum atomic E-state index is -3.47. The van der Waals surface area contributed by atoms with Crippen LogP contribution in [0, 0.1) is 6.92 Å². The number of carboxylic acid groups (broad SMARTS) is 1. The molecule has 30 heavy (non-hydrogen) atoms. The van der Waals surface area contributed by atoms with Gasteiger partial charge in [0, 0.05) is 34.4 Å². The Morgan fingerprint density at radius 2 is 2.00 bits per heavy atom. The van der Waals surface area contributed by atoms with Crippen molar-refractivity contribution in [3.8, 4) is 11.1 Å². The SMILES string of the molecule is Cc1c(-c2cccc(NS(C)(=O)=O)c2)c2cc(C(=O)O)ccc2n1CC(F)=CCN. The van der Waals surface area contributed by atoms with Crippen LogP contribution in [0.2, 0.25) is 0 Å². The fourth-order valence-electron chi connectivity index (χ4n) is 3.48. The molecule has 0 aliphatic rings. The number of nitrogens with one attached hydrogen (secondary N) is 1. The monoisotopic (exact) mass is 431 g/mol. The summed E-state index contributed by atoms with van der Waals surface area (Å²) >= 11 is 0. The maximum Gasteiger partial charge on any atom is 0.335 e. The molecule has 0 saturated heterocycles. The highest BCUT2D eigenvalue weighted by Crippen LogP contribution is 2.37. The van der Waals surface area contributed by atoms with Crippen molar-refractivity contribution in [1.82, 2.24) is 4.57 Å². The van der Waals surface area contributed by atoms with Gasteiger partial charge in [0.15, 0.2) is 0 Å². The fraction of sp³-hybridized carbons (Fsp3) is 0.190. The van der Waals surface area contributed by atoms with Crippen LogP contribution in [-0.4, -0.2) is 36.9 Å². The van der Waals surface area contributed by atoms with E-state index in [1.807, 2.05) is 6.92 Å². The second-order valence-electron chi connectivity index (χ2n) is 6.93. The molecule has 3 aromatic rings. The largest absolute Gasteiger partial charge is 0.478 e. The van der Waals surface area contributed by atoms with E-state index < -0.39 is 21.8 Å². The number of fused-ring (bicyclic) bond motifs is 1. The average molecular weight is 431 g/mol. The number of sulfonamides is 1. The summed E-state index contributed by atoms with van der Waals surface area (Å²) in [7, 11) is -3.47. The van der Waals surface area contributed by atoms with Gasteiger partial charge in [0.2, 0.25) is 10.0 Å². The van der Waals surface area contributed by atoms with Crippen LogP contribution in [0.4, 0.5) is 10.1 Å². The van der Waals surface area contributed by atoms with Crippen LogP contribution in [-0.2, 0) is 16.6 Å². The molecule has 0 fully saturated rings. The number of nitrogens with zero attached hydrogens (tertiary/aromatic N) is 1. The number of hydrogen-bond donors (Lipinski definition) is 3. The Kier molecular flexibility index (Phi) is 5.95. The number of carbonyl (C=O) groups is 1. The highest BCUT2D eigenvalue weighted by molar-refractivity contribution is 7.92. The number of anilines is 1. The number of halogens is 1. The van der Waals surface area contributed by atoms with E-state index in [1.165, 1.54) is 18.2 Å². The van der Waals surface area contributed by atoms with Crippen molar-refractivity contribution in [3.63, 3.8) is 0 Å². The lowest BCUT2D eigenvalue weighted by Gasteiger charge is -2.09. The Labute approximate surface area is 173 Å². The zero-order valence-corrected chi connectivity index (χ0v) is 17.3. The molecular weight excluding hydrogens is 409 g/mol. The van der Waals surface area contributed by atoms with Crippen LogP contribution in [0.15, 0.2) is 54.4 Å². The second-order valence-corrected chi connectivity index (χ2v) is 8.67. The van der Waals surface area contributed by atoms with Gasteiger partial charge in [0.1, 0.15) is 5.83 Å². The fourth-order valence-corrected chi connectivity index (χ4v) is 4.03. The number of benzene rings is 2. The third-order valence-electron chi connectivity index (χ3n) is 4.67. The normalized spacial score (nSPS) is 12.3. The second kappa shape index (κ2) is 8.29. The molecule has 7 nitrogen and oxygen atoms in total. The zero-order valence-electron chi connectivity index (χ0n) is 16.5. The summed E-state index contributed by atoms with van der Waals surface area (Å²) in [6.07, 6.45) is 2.34. The maximum atomic E-state index is 14.3. The molecule has 0 amide bonds. The molecule has 0 aliphatic carbocycles. The van der Waals surface area contributed by atoms with Crippen LogP contribution in [0.1, 0.15) is 16.1 Å². The quantitative estimate of drug-likeness (QED) is 0.530. The van der Waals surface area contributed by atoms with Crippen LogP contribution >= 0.6 is 0 Å². The van der Waals surface area contributed by atoms with E-state index in [0.29, 0.717) is 33.4 Å². The van der Waals surface area contributed by atoms with E-state index >= 15 is 0 Å². The molecule has 158 valence electrons. The number of carboxylic acids is 1. The first kappa shape index (κ1) is 21.5. The van der Waals surface area contributed by atoms with Gasteiger partial charge >= 0.3 is 5.97 Å². The van der Waals surface area contributed by atoms with Gasteiger partial charge in [-0.05, 0) is 48.9 Å². The third-order valence-corrected chi connectivity index (χ3v) is 5.28. The summed E-state index contributed by atoms with van der Waals surface area (Å²) in [4.78, 5) is 11.5. The summed E-state index contributed by atoms with van der Waals surface area (Å²) in [6.45, 7) is 1.83. The molecular formula is C21H22FN3O4S. The van der Waals surface area contributed by atoms with Gasteiger partial charge in [-0.25, -0.2) is 17.6 Å². The topological polar surface area (TPSA) is 114 Å². The number of allylic oxidation sites excluding steroid dienone is 1. The van der Waals surface area contributed by atoms with Gasteiger partial charge in [0.25, 0.3) is 0 Å². The molecule has 0 spiro atoms. The predicted molar refractivity (Wildman–Crippen MR) is 116 cm³/mol. The van der Waals surface area contributed by atoms with Crippen LogP contribution < -0.4 is 10.5 Å². The van der Waals surface area contributed by atoms with E-state index in [2.05, 4.69) is 4.72 Å². The Hall–Kier alpha value is -3.17. The highest BCUT2D eigenvalue weighted by Gasteiger charge is 2.19. The number of hydrogen-bond acceptors (Lipinski definition) is 4. The maximum absolute atomic E-state index is 14.3. The van der Waals surface area contributed by atoms with Crippen molar-refractivity contribution in [2.75, 3.05) is 17.5 Å². The van der Waals surface area contributed by atoms with Crippen LogP contribution in [0.25, 0.3) is 22.0 Å². The summed E-state index contributed by atoms with van der Waals surface area (Å²) in [6, 6.07) is 11.4. The predicted octanol–water partition coefficient (Wildman–Crippen LogP) is 3.50. The van der Waals surface area contributed by atoms with Gasteiger partial charge in [-0.3, -0.25) is 4.72 Å². The van der Waals surface area contributed by atoms with Crippen molar-refractivity contribution in [1.29, 1.82) is 0 Å². The first-order chi connectivity index (χ1) is 14.1. The summed E-state index contributed by atoms with van der Waals surface area (Å²) in [5.41, 5.74) is 8.63. The molecule has 4 N–H and O–H groups in total. The lowest BCUT2D eigenvalue weighted by atomic mass is 10.0. The van der Waals surface area contributed by atoms with Crippen molar-refractivity contribution < 1.29 is 22.7 Å². The van der Waals surface area contributed by atoms with E-state index in [-0.39, 0.29) is 18.7 Å². The van der Waals surface area contributed by atoms with Crippen molar-refractivity contribution in [3.05, 3.63) is 65.6 Å². The third kappa shape index (κ3) is 4.52. The summed E-state index contributed by atoms with van der Waals surface area (Å²) < 4.78 is 41.6. The lowest BCUT2D eigenvalue weighted by Crippen LogP contribution is -2.09. The molecule has 0 bridgehead atoms. The van der Waals surface area contributed by atoms with E-state index in [1.54, 1.807) is 34.9 Å². The van der Waals surface area contributed by atoms with Crippen LogP contribution in [0.5, 0.6) is 0 Å². The molecule has 2 aromatic carbocycles. The van der Waals surface area contributed by atoms with Gasteiger partial charge < -0.3 is 15.4 Å². The first-order valence-electron chi connectivity index (χ1n) is 9.09. The molecule has 0 aliphatic heterocycles. The number of nitrogens with two attached hydrogens (primary N) is 1. The Bertz CT molecular complexity index is 1260. The minimum absolute atomic E-state index is 0.0484. The number of aromatic carboxylic acids is 1. The van der Waals surface area contributed by atoms with Gasteiger partial charge in [-0.2, -0.15) is 0 Å². The summed E-state index contributed by atoms with van der Waals surface area (Å²) in [5.74, 6) is -1.48. The molecule has 0 radical (unpaired) electrons. The Morgan fingerprint density at radius 1 is 1.27 bits per heavy atom. The molecule has 9 heteroatoms. The van der Waals surface area contributed by atoms with Crippen molar-refractivity contribution in [2.24, 2.45) is 5.73 Å². The van der Waals surface area contributed by atoms with Crippen molar-refractivity contribution in [2.45, 2.75) is 13.5 Å². The molecule has 0 saturated carbocycles. The number of rotatable bonds is 7. The molecule has 0 atom stereocenters. The zero-order chi connectivity index (χ0) is 22.1. The van der Waals surface area contributed by atoms with Gasteiger partial charge in [-0.1, -0.05) is 12.1 Å². The van der Waals surface area contributed by atoms with E-state index in [4.69, 9.17) is 5.73 Å². The Balaban J connectivity index is 2.26. The van der Waals surface area contributed by atoms with Crippen LogP contribution in [0.3, 0.4) is 0 Å². The molecule has 0 unspecified atom stereocenters. The molecule has 1 aromatic heterocycles. The molecule has 1 heterocycles.